The predicted molar refractivity (Wildman–Crippen MR) is 113 cm³/mol. The van der Waals surface area contributed by atoms with Gasteiger partial charge < -0.3 is 9.88 Å². The van der Waals surface area contributed by atoms with Crippen LogP contribution in [0.1, 0.15) is 21.5 Å². The van der Waals surface area contributed by atoms with E-state index in [9.17, 15) is 14.0 Å². The quantitative estimate of drug-likeness (QED) is 0.550. The zero-order valence-corrected chi connectivity index (χ0v) is 15.9. The highest BCUT2D eigenvalue weighted by Gasteiger charge is 2.10. The molecular formula is C24H19FN2O2. The van der Waals surface area contributed by atoms with Crippen LogP contribution in [0.3, 0.4) is 0 Å². The average Bonchev–Trinajstić information content (AvgIpc) is 2.72. The van der Waals surface area contributed by atoms with E-state index in [1.807, 2.05) is 42.5 Å². The van der Waals surface area contributed by atoms with Gasteiger partial charge in [0.15, 0.2) is 0 Å². The third-order valence-electron chi connectivity index (χ3n) is 4.90. The second kappa shape index (κ2) is 7.72. The minimum atomic E-state index is -0.403. The topological polar surface area (TPSA) is 51.1 Å². The summed E-state index contributed by atoms with van der Waals surface area (Å²) in [6.45, 7) is 2.00. The van der Waals surface area contributed by atoms with E-state index in [1.165, 1.54) is 29.0 Å². The number of nitrogens with one attached hydrogen (secondary N) is 1. The zero-order chi connectivity index (χ0) is 20.4. The fourth-order valence-corrected chi connectivity index (χ4v) is 3.28. The Bertz CT molecular complexity index is 1270. The van der Waals surface area contributed by atoms with Crippen molar-refractivity contribution in [2.45, 2.75) is 13.5 Å². The third-order valence-corrected chi connectivity index (χ3v) is 4.90. The average molecular weight is 386 g/mol. The summed E-state index contributed by atoms with van der Waals surface area (Å²) in [5.74, 6) is -0.788. The van der Waals surface area contributed by atoms with Crippen molar-refractivity contribution in [1.29, 1.82) is 0 Å². The Labute approximate surface area is 167 Å². The fraction of sp³-hybridized carbons (Fsp3) is 0.0833. The molecule has 0 aliphatic rings. The first-order valence-electron chi connectivity index (χ1n) is 9.26. The smallest absolute Gasteiger partial charge is 0.257 e. The van der Waals surface area contributed by atoms with Gasteiger partial charge in [-0.15, -0.1) is 0 Å². The molecule has 3 aromatic carbocycles. The maximum atomic E-state index is 13.7. The minimum Gasteiger partial charge on any atom is -0.322 e. The molecule has 0 saturated heterocycles. The van der Waals surface area contributed by atoms with Gasteiger partial charge in [-0.3, -0.25) is 9.59 Å². The van der Waals surface area contributed by atoms with Crippen molar-refractivity contribution < 1.29 is 9.18 Å². The molecule has 0 unspecified atom stereocenters. The van der Waals surface area contributed by atoms with Crippen molar-refractivity contribution in [3.8, 4) is 0 Å². The first kappa shape index (κ1) is 18.6. The number of carbonyl (C=O) groups is 1. The van der Waals surface area contributed by atoms with Gasteiger partial charge in [-0.2, -0.15) is 0 Å². The Balaban J connectivity index is 1.62. The lowest BCUT2D eigenvalue weighted by Crippen LogP contribution is -2.22. The van der Waals surface area contributed by atoms with E-state index in [0.29, 0.717) is 23.4 Å². The molecule has 0 aliphatic carbocycles. The summed E-state index contributed by atoms with van der Waals surface area (Å²) >= 11 is 0. The monoisotopic (exact) mass is 386 g/mol. The van der Waals surface area contributed by atoms with Crippen LogP contribution in [-0.2, 0) is 6.54 Å². The van der Waals surface area contributed by atoms with E-state index in [1.54, 1.807) is 19.1 Å². The number of anilines is 1. The van der Waals surface area contributed by atoms with E-state index >= 15 is 0 Å². The lowest BCUT2D eigenvalue weighted by Gasteiger charge is -2.11. The van der Waals surface area contributed by atoms with E-state index in [2.05, 4.69) is 5.32 Å². The molecule has 1 amide bonds. The number of aryl methyl sites for hydroxylation is 1. The van der Waals surface area contributed by atoms with Crippen LogP contribution in [-0.4, -0.2) is 10.5 Å². The summed E-state index contributed by atoms with van der Waals surface area (Å²) in [5, 5.41) is 4.83. The van der Waals surface area contributed by atoms with Gasteiger partial charge in [-0.05, 0) is 47.0 Å². The molecule has 0 fully saturated rings. The number of amides is 1. The molecule has 0 spiro atoms. The summed E-state index contributed by atoms with van der Waals surface area (Å²) < 4.78 is 15.2. The van der Waals surface area contributed by atoms with Gasteiger partial charge >= 0.3 is 0 Å². The van der Waals surface area contributed by atoms with Gasteiger partial charge in [-0.1, -0.05) is 48.5 Å². The second-order valence-electron chi connectivity index (χ2n) is 6.94. The van der Waals surface area contributed by atoms with Crippen LogP contribution < -0.4 is 10.9 Å². The SMILES string of the molecule is Cc1ccc(NC(=O)c2ccc(=O)n(Cc3cccc4ccccc34)c2)cc1F. The van der Waals surface area contributed by atoms with Gasteiger partial charge in [-0.25, -0.2) is 4.39 Å². The Morgan fingerprint density at radius 1 is 1.00 bits per heavy atom. The van der Waals surface area contributed by atoms with Gasteiger partial charge in [0, 0.05) is 18.0 Å². The molecule has 0 aliphatic heterocycles. The number of hydrogen-bond acceptors (Lipinski definition) is 2. The highest BCUT2D eigenvalue weighted by Crippen LogP contribution is 2.19. The van der Waals surface area contributed by atoms with Crippen molar-refractivity contribution in [2.24, 2.45) is 0 Å². The Kier molecular flexibility index (Phi) is 4.96. The number of benzene rings is 3. The molecule has 1 aromatic heterocycles. The van der Waals surface area contributed by atoms with Crippen LogP contribution in [0.25, 0.3) is 10.8 Å². The molecule has 29 heavy (non-hydrogen) atoms. The maximum Gasteiger partial charge on any atom is 0.257 e. The number of carbonyl (C=O) groups excluding carboxylic acids is 1. The van der Waals surface area contributed by atoms with Crippen LogP contribution in [0.15, 0.2) is 83.8 Å². The van der Waals surface area contributed by atoms with Gasteiger partial charge in [0.25, 0.3) is 11.5 Å². The predicted octanol–water partition coefficient (Wildman–Crippen LogP) is 4.75. The molecule has 0 atom stereocenters. The molecule has 0 radical (unpaired) electrons. The van der Waals surface area contributed by atoms with Crippen molar-refractivity contribution in [3.63, 3.8) is 0 Å². The van der Waals surface area contributed by atoms with E-state index in [0.717, 1.165) is 16.3 Å². The number of nitrogens with zero attached hydrogens (tertiary/aromatic N) is 1. The Morgan fingerprint density at radius 2 is 1.79 bits per heavy atom. The van der Waals surface area contributed by atoms with E-state index < -0.39 is 5.91 Å². The standard InChI is InChI=1S/C24H19FN2O2/c1-16-9-11-20(13-22(16)25)26-24(29)19-10-12-23(28)27(15-19)14-18-7-4-6-17-5-2-3-8-21(17)18/h2-13,15H,14H2,1H3,(H,26,29). The van der Waals surface area contributed by atoms with Crippen LogP contribution in [0, 0.1) is 12.7 Å². The highest BCUT2D eigenvalue weighted by atomic mass is 19.1. The summed E-state index contributed by atoms with van der Waals surface area (Å²) in [6.07, 6.45) is 1.53. The molecule has 4 nitrogen and oxygen atoms in total. The van der Waals surface area contributed by atoms with Crippen LogP contribution in [0.4, 0.5) is 10.1 Å². The molecule has 1 N–H and O–H groups in total. The molecule has 0 saturated carbocycles. The number of pyridine rings is 1. The van der Waals surface area contributed by atoms with Gasteiger partial charge in [0.1, 0.15) is 5.82 Å². The molecular weight excluding hydrogens is 367 g/mol. The Hall–Kier alpha value is -3.73. The maximum absolute atomic E-state index is 13.7. The molecule has 4 aromatic rings. The van der Waals surface area contributed by atoms with Gasteiger partial charge in [0.05, 0.1) is 12.1 Å². The van der Waals surface area contributed by atoms with E-state index in [-0.39, 0.29) is 11.4 Å². The summed E-state index contributed by atoms with van der Waals surface area (Å²) in [5.41, 5.74) is 1.99. The first-order valence-corrected chi connectivity index (χ1v) is 9.26. The van der Waals surface area contributed by atoms with Crippen molar-refractivity contribution in [2.75, 3.05) is 5.32 Å². The minimum absolute atomic E-state index is 0.198. The highest BCUT2D eigenvalue weighted by molar-refractivity contribution is 6.04. The van der Waals surface area contributed by atoms with Gasteiger partial charge in [0.2, 0.25) is 0 Å². The fourth-order valence-electron chi connectivity index (χ4n) is 3.28. The number of hydrogen-bond donors (Lipinski definition) is 1. The largest absolute Gasteiger partial charge is 0.322 e. The molecule has 144 valence electrons. The normalized spacial score (nSPS) is 10.8. The lowest BCUT2D eigenvalue weighted by atomic mass is 10.0. The molecule has 4 rings (SSSR count). The van der Waals surface area contributed by atoms with Crippen LogP contribution >= 0.6 is 0 Å². The first-order chi connectivity index (χ1) is 14.0. The lowest BCUT2D eigenvalue weighted by molar-refractivity contribution is 0.102. The van der Waals surface area contributed by atoms with Crippen molar-refractivity contribution >= 4 is 22.4 Å². The number of aromatic nitrogens is 1. The Morgan fingerprint density at radius 3 is 2.62 bits per heavy atom. The zero-order valence-electron chi connectivity index (χ0n) is 15.9. The summed E-state index contributed by atoms with van der Waals surface area (Å²) in [6, 6.07) is 21.3. The molecule has 0 bridgehead atoms. The van der Waals surface area contributed by atoms with Crippen LogP contribution in [0.5, 0.6) is 0 Å². The summed E-state index contributed by atoms with van der Waals surface area (Å²) in [7, 11) is 0. The van der Waals surface area contributed by atoms with Crippen molar-refractivity contribution in [3.05, 3.63) is 112 Å². The second-order valence-corrected chi connectivity index (χ2v) is 6.94. The summed E-state index contributed by atoms with van der Waals surface area (Å²) in [4.78, 5) is 24.9. The molecule has 1 heterocycles. The van der Waals surface area contributed by atoms with E-state index in [4.69, 9.17) is 0 Å². The number of fused-ring (bicyclic) bond motifs is 1. The number of rotatable bonds is 4. The number of halogens is 1. The molecule has 5 heteroatoms. The van der Waals surface area contributed by atoms with Crippen LogP contribution in [0.2, 0.25) is 0 Å². The van der Waals surface area contributed by atoms with Crippen molar-refractivity contribution in [1.82, 2.24) is 4.57 Å². The third kappa shape index (κ3) is 3.94.